The SMILES string of the molecule is C=Cc1cc(C(=O)Nc2ccc(C(N)=NCl)cc2)c(-c2ccc(C(=O)NCC3CC3)nc2C(=O)O)cc1OC. The van der Waals surface area contributed by atoms with Crippen LogP contribution in [0.3, 0.4) is 0 Å². The first-order valence-corrected chi connectivity index (χ1v) is 12.3. The number of nitrogens with one attached hydrogen (secondary N) is 2. The Bertz CT molecular complexity index is 1480. The number of rotatable bonds is 10. The Morgan fingerprint density at radius 3 is 2.46 bits per heavy atom. The molecule has 4 rings (SSSR count). The van der Waals surface area contributed by atoms with Crippen LogP contribution >= 0.6 is 11.8 Å². The molecule has 1 heterocycles. The fraction of sp³-hybridized carbons (Fsp3) is 0.179. The second-order valence-corrected chi connectivity index (χ2v) is 9.07. The summed E-state index contributed by atoms with van der Waals surface area (Å²) in [7, 11) is 1.45. The molecule has 5 N–H and O–H groups in total. The third-order valence-corrected chi connectivity index (χ3v) is 6.41. The molecule has 0 saturated heterocycles. The Hall–Kier alpha value is -4.70. The average molecular weight is 548 g/mol. The number of methoxy groups -OCH3 is 1. The Morgan fingerprint density at radius 1 is 1.15 bits per heavy atom. The Balaban J connectivity index is 1.75. The number of amidine groups is 1. The Morgan fingerprint density at radius 2 is 1.87 bits per heavy atom. The van der Waals surface area contributed by atoms with Crippen LogP contribution in [0.15, 0.2) is 59.6 Å². The van der Waals surface area contributed by atoms with E-state index in [-0.39, 0.29) is 33.9 Å². The van der Waals surface area contributed by atoms with Crippen LogP contribution in [-0.2, 0) is 0 Å². The van der Waals surface area contributed by atoms with E-state index in [4.69, 9.17) is 22.2 Å². The number of halogens is 1. The number of aromatic nitrogens is 1. The molecule has 1 aliphatic rings. The molecule has 11 heteroatoms. The van der Waals surface area contributed by atoms with Gasteiger partial charge in [0.2, 0.25) is 0 Å². The van der Waals surface area contributed by atoms with Gasteiger partial charge in [-0.3, -0.25) is 9.59 Å². The van der Waals surface area contributed by atoms with E-state index in [0.29, 0.717) is 35.0 Å². The van der Waals surface area contributed by atoms with Crippen LogP contribution in [0.2, 0.25) is 0 Å². The molecule has 0 unspecified atom stereocenters. The summed E-state index contributed by atoms with van der Waals surface area (Å²) in [6, 6.07) is 12.5. The lowest BCUT2D eigenvalue weighted by molar-refractivity contribution is 0.0691. The molecule has 2 amide bonds. The molecule has 200 valence electrons. The van der Waals surface area contributed by atoms with Gasteiger partial charge >= 0.3 is 5.97 Å². The number of ether oxygens (including phenoxy) is 1. The second-order valence-electron chi connectivity index (χ2n) is 8.90. The van der Waals surface area contributed by atoms with Gasteiger partial charge in [-0.25, -0.2) is 9.78 Å². The molecule has 0 aliphatic heterocycles. The van der Waals surface area contributed by atoms with Crippen molar-refractivity contribution in [2.24, 2.45) is 16.2 Å². The number of aromatic carboxylic acids is 1. The van der Waals surface area contributed by atoms with Crippen molar-refractivity contribution >= 4 is 47.2 Å². The van der Waals surface area contributed by atoms with E-state index in [2.05, 4.69) is 26.7 Å². The lowest BCUT2D eigenvalue weighted by atomic mass is 9.94. The zero-order valence-electron chi connectivity index (χ0n) is 21.0. The molecule has 39 heavy (non-hydrogen) atoms. The molecular weight excluding hydrogens is 522 g/mol. The van der Waals surface area contributed by atoms with Gasteiger partial charge in [0, 0.05) is 51.8 Å². The molecule has 1 saturated carbocycles. The number of nitrogens with two attached hydrogens (primary N) is 1. The lowest BCUT2D eigenvalue weighted by Crippen LogP contribution is -2.27. The van der Waals surface area contributed by atoms with Crippen LogP contribution in [0.1, 0.15) is 55.3 Å². The molecular formula is C28H26ClN5O5. The van der Waals surface area contributed by atoms with Gasteiger partial charge < -0.3 is 26.2 Å². The summed E-state index contributed by atoms with van der Waals surface area (Å²) in [5, 5.41) is 15.5. The van der Waals surface area contributed by atoms with Crippen molar-refractivity contribution in [2.75, 3.05) is 19.0 Å². The molecule has 2 aromatic carbocycles. The van der Waals surface area contributed by atoms with Gasteiger partial charge in [-0.2, -0.15) is 4.51 Å². The highest BCUT2D eigenvalue weighted by Gasteiger charge is 2.25. The number of carboxylic acids is 1. The number of pyridine rings is 1. The van der Waals surface area contributed by atoms with Gasteiger partial charge in [0.15, 0.2) is 5.69 Å². The molecule has 0 bridgehead atoms. The highest BCUT2D eigenvalue weighted by atomic mass is 35.5. The highest BCUT2D eigenvalue weighted by Crippen LogP contribution is 2.34. The number of hydrogen-bond acceptors (Lipinski definition) is 6. The minimum Gasteiger partial charge on any atom is -0.496 e. The van der Waals surface area contributed by atoms with Crippen molar-refractivity contribution in [3.05, 3.63) is 83.2 Å². The monoisotopic (exact) mass is 547 g/mol. The Kier molecular flexibility index (Phi) is 8.26. The fourth-order valence-electron chi connectivity index (χ4n) is 3.93. The summed E-state index contributed by atoms with van der Waals surface area (Å²) in [6.45, 7) is 4.29. The van der Waals surface area contributed by atoms with Crippen molar-refractivity contribution in [2.45, 2.75) is 12.8 Å². The maximum Gasteiger partial charge on any atom is 0.355 e. The van der Waals surface area contributed by atoms with Gasteiger partial charge in [0.1, 0.15) is 17.3 Å². The maximum atomic E-state index is 13.5. The first kappa shape index (κ1) is 27.3. The molecule has 0 radical (unpaired) electrons. The largest absolute Gasteiger partial charge is 0.496 e. The third kappa shape index (κ3) is 6.24. The number of hydrogen-bond donors (Lipinski definition) is 4. The van der Waals surface area contributed by atoms with E-state index >= 15 is 0 Å². The van der Waals surface area contributed by atoms with Crippen molar-refractivity contribution in [3.8, 4) is 16.9 Å². The van der Waals surface area contributed by atoms with Gasteiger partial charge in [-0.1, -0.05) is 12.7 Å². The third-order valence-electron chi connectivity index (χ3n) is 6.23. The van der Waals surface area contributed by atoms with E-state index in [9.17, 15) is 19.5 Å². The second kappa shape index (κ2) is 11.8. The first-order chi connectivity index (χ1) is 18.7. The summed E-state index contributed by atoms with van der Waals surface area (Å²) in [6.07, 6.45) is 3.63. The molecule has 0 spiro atoms. The highest BCUT2D eigenvalue weighted by molar-refractivity contribution is 6.22. The van der Waals surface area contributed by atoms with Gasteiger partial charge in [0.05, 0.1) is 7.11 Å². The van der Waals surface area contributed by atoms with E-state index in [1.807, 2.05) is 0 Å². The molecule has 1 aromatic heterocycles. The zero-order valence-corrected chi connectivity index (χ0v) is 21.8. The van der Waals surface area contributed by atoms with Crippen LogP contribution in [0.5, 0.6) is 5.75 Å². The predicted molar refractivity (Wildman–Crippen MR) is 149 cm³/mol. The number of carbonyl (C=O) groups excluding carboxylic acids is 2. The van der Waals surface area contributed by atoms with E-state index in [0.717, 1.165) is 12.8 Å². The number of anilines is 1. The van der Waals surface area contributed by atoms with E-state index in [1.165, 1.54) is 25.3 Å². The molecule has 0 atom stereocenters. The molecule has 10 nitrogen and oxygen atoms in total. The van der Waals surface area contributed by atoms with Crippen molar-refractivity contribution in [3.63, 3.8) is 0 Å². The van der Waals surface area contributed by atoms with Crippen molar-refractivity contribution in [1.82, 2.24) is 10.3 Å². The molecule has 3 aromatic rings. The standard InChI is InChI=1S/C28H26ClN5O5/c1-3-16-12-21(26(35)32-18-8-6-17(7-9-18)25(30)34-29)20(13-23(16)39-2)19-10-11-22(33-24(19)28(37)38)27(36)31-14-15-4-5-15/h3,6-13,15H,1,4-5,14H2,2H3,(H2,30,34)(H,31,36)(H,32,35)(H,37,38). The minimum absolute atomic E-state index is 0.0303. The summed E-state index contributed by atoms with van der Waals surface area (Å²) in [5.74, 6) is -1.39. The normalized spacial score (nSPS) is 12.9. The van der Waals surface area contributed by atoms with E-state index < -0.39 is 17.8 Å². The number of carboxylic acid groups (broad SMARTS) is 1. The topological polar surface area (TPSA) is 156 Å². The number of carbonyl (C=O) groups is 3. The summed E-state index contributed by atoms with van der Waals surface area (Å²) >= 11 is 5.42. The number of amides is 2. The quantitative estimate of drug-likeness (QED) is 0.217. The van der Waals surface area contributed by atoms with Gasteiger partial charge in [-0.05, 0) is 67.3 Å². The minimum atomic E-state index is -1.35. The average Bonchev–Trinajstić information content (AvgIpc) is 3.79. The van der Waals surface area contributed by atoms with Gasteiger partial charge in [-0.15, -0.1) is 0 Å². The van der Waals surface area contributed by atoms with Crippen LogP contribution < -0.4 is 21.1 Å². The summed E-state index contributed by atoms with van der Waals surface area (Å²) < 4.78 is 8.87. The molecule has 1 aliphatic carbocycles. The van der Waals surface area contributed by atoms with Gasteiger partial charge in [0.25, 0.3) is 11.8 Å². The van der Waals surface area contributed by atoms with Crippen LogP contribution in [-0.4, -0.2) is 47.4 Å². The predicted octanol–water partition coefficient (Wildman–Crippen LogP) is 4.35. The zero-order chi connectivity index (χ0) is 28.1. The molecule has 1 fully saturated rings. The number of benzene rings is 2. The summed E-state index contributed by atoms with van der Waals surface area (Å²) in [4.78, 5) is 42.4. The summed E-state index contributed by atoms with van der Waals surface area (Å²) in [5.41, 5.74) is 7.38. The van der Waals surface area contributed by atoms with Crippen LogP contribution in [0, 0.1) is 5.92 Å². The maximum absolute atomic E-state index is 13.5. The van der Waals surface area contributed by atoms with E-state index in [1.54, 1.807) is 36.4 Å². The Labute approximate surface area is 229 Å². The van der Waals surface area contributed by atoms with Crippen molar-refractivity contribution in [1.29, 1.82) is 0 Å². The lowest BCUT2D eigenvalue weighted by Gasteiger charge is -2.16. The number of nitrogens with zero attached hydrogens (tertiary/aromatic N) is 2. The van der Waals surface area contributed by atoms with Crippen LogP contribution in [0.4, 0.5) is 5.69 Å². The van der Waals surface area contributed by atoms with Crippen LogP contribution in [0.25, 0.3) is 17.2 Å². The first-order valence-electron chi connectivity index (χ1n) is 12.0. The fourth-order valence-corrected chi connectivity index (χ4v) is 4.03. The van der Waals surface area contributed by atoms with Crippen molar-refractivity contribution < 1.29 is 24.2 Å². The smallest absolute Gasteiger partial charge is 0.355 e.